The van der Waals surface area contributed by atoms with E-state index in [0.29, 0.717) is 11.6 Å². The summed E-state index contributed by atoms with van der Waals surface area (Å²) in [6, 6.07) is 5.08. The molecule has 1 N–H and O–H groups in total. The minimum atomic E-state index is 0.320. The Morgan fingerprint density at radius 1 is 1.25 bits per heavy atom. The van der Waals surface area contributed by atoms with Crippen molar-refractivity contribution in [2.45, 2.75) is 71.6 Å². The highest BCUT2D eigenvalue weighted by molar-refractivity contribution is 5.07. The Morgan fingerprint density at radius 2 is 1.95 bits per heavy atom. The van der Waals surface area contributed by atoms with Gasteiger partial charge in [0.1, 0.15) is 0 Å². The molecule has 1 saturated heterocycles. The quantitative estimate of drug-likeness (QED) is 0.891. The van der Waals surface area contributed by atoms with Crippen molar-refractivity contribution in [1.82, 2.24) is 14.8 Å². The number of hydrogen-bond donors (Lipinski definition) is 1. The number of aryl methyl sites for hydroxylation is 1. The molecule has 0 saturated carbocycles. The highest BCUT2D eigenvalue weighted by Gasteiger charge is 2.26. The Hall–Kier alpha value is -0.800. The van der Waals surface area contributed by atoms with Crippen LogP contribution in [0.5, 0.6) is 0 Å². The van der Waals surface area contributed by atoms with Crippen molar-refractivity contribution in [2.75, 3.05) is 13.1 Å². The van der Waals surface area contributed by atoms with E-state index in [0.717, 1.165) is 13.1 Å². The number of aromatic nitrogens is 1. The molecular weight excluding hydrogens is 246 g/mol. The van der Waals surface area contributed by atoms with E-state index in [4.69, 9.17) is 0 Å². The first kappa shape index (κ1) is 15.6. The maximum Gasteiger partial charge on any atom is 0.0361 e. The molecule has 3 nitrogen and oxygen atoms in total. The molecule has 114 valence electrons. The number of hydrogen-bond acceptors (Lipinski definition) is 2. The highest BCUT2D eigenvalue weighted by atomic mass is 15.2. The zero-order chi connectivity index (χ0) is 14.6. The third-order valence-electron chi connectivity index (χ3n) is 4.40. The SMILES string of the molecule is CCCn1cccc1CNC1CCN(C(C)(C)C)CC1. The summed E-state index contributed by atoms with van der Waals surface area (Å²) in [7, 11) is 0. The number of likely N-dealkylation sites (tertiary alicyclic amines) is 1. The van der Waals surface area contributed by atoms with Gasteiger partial charge >= 0.3 is 0 Å². The van der Waals surface area contributed by atoms with Gasteiger partial charge in [0.05, 0.1) is 0 Å². The Morgan fingerprint density at radius 3 is 2.55 bits per heavy atom. The highest BCUT2D eigenvalue weighted by Crippen LogP contribution is 2.20. The van der Waals surface area contributed by atoms with Crippen molar-refractivity contribution in [2.24, 2.45) is 0 Å². The van der Waals surface area contributed by atoms with Crippen molar-refractivity contribution < 1.29 is 0 Å². The lowest BCUT2D eigenvalue weighted by Gasteiger charge is -2.41. The molecule has 2 rings (SSSR count). The summed E-state index contributed by atoms with van der Waals surface area (Å²) in [6.07, 6.45) is 5.94. The van der Waals surface area contributed by atoms with Crippen LogP contribution >= 0.6 is 0 Å². The van der Waals surface area contributed by atoms with Gasteiger partial charge in [-0.15, -0.1) is 0 Å². The molecule has 1 aromatic heterocycles. The summed E-state index contributed by atoms with van der Waals surface area (Å²) < 4.78 is 2.37. The van der Waals surface area contributed by atoms with E-state index < -0.39 is 0 Å². The maximum atomic E-state index is 3.75. The average molecular weight is 277 g/mol. The van der Waals surface area contributed by atoms with Crippen LogP contribution in [0.4, 0.5) is 0 Å². The van der Waals surface area contributed by atoms with Gasteiger partial charge in [-0.05, 0) is 52.2 Å². The normalized spacial score (nSPS) is 18.6. The summed E-state index contributed by atoms with van der Waals surface area (Å²) in [5.41, 5.74) is 1.74. The molecule has 0 aliphatic carbocycles. The molecule has 0 bridgehead atoms. The smallest absolute Gasteiger partial charge is 0.0361 e. The number of rotatable bonds is 5. The van der Waals surface area contributed by atoms with Crippen LogP contribution in [0.25, 0.3) is 0 Å². The van der Waals surface area contributed by atoms with Gasteiger partial charge in [0, 0.05) is 49.7 Å². The topological polar surface area (TPSA) is 20.2 Å². The van der Waals surface area contributed by atoms with Crippen molar-refractivity contribution in [3.8, 4) is 0 Å². The fraction of sp³-hybridized carbons (Fsp3) is 0.765. The second-order valence-electron chi connectivity index (χ2n) is 7.01. The van der Waals surface area contributed by atoms with Crippen LogP contribution < -0.4 is 5.32 Å². The lowest BCUT2D eigenvalue weighted by molar-refractivity contribution is 0.0959. The van der Waals surface area contributed by atoms with Crippen LogP contribution in [0.15, 0.2) is 18.3 Å². The van der Waals surface area contributed by atoms with Crippen LogP contribution in [0.3, 0.4) is 0 Å². The summed E-state index contributed by atoms with van der Waals surface area (Å²) in [6.45, 7) is 13.8. The minimum Gasteiger partial charge on any atom is -0.350 e. The van der Waals surface area contributed by atoms with Crippen LogP contribution in [-0.4, -0.2) is 34.1 Å². The molecule has 1 aliphatic rings. The number of piperidine rings is 1. The lowest BCUT2D eigenvalue weighted by Crippen LogP contribution is -2.49. The van der Waals surface area contributed by atoms with Crippen LogP contribution in [0.2, 0.25) is 0 Å². The van der Waals surface area contributed by atoms with Gasteiger partial charge in [-0.25, -0.2) is 0 Å². The predicted octanol–water partition coefficient (Wildman–Crippen LogP) is 3.25. The van der Waals surface area contributed by atoms with Gasteiger partial charge < -0.3 is 9.88 Å². The Balaban J connectivity index is 1.77. The van der Waals surface area contributed by atoms with Gasteiger partial charge in [-0.1, -0.05) is 6.92 Å². The van der Waals surface area contributed by atoms with Crippen molar-refractivity contribution >= 4 is 0 Å². The largest absolute Gasteiger partial charge is 0.350 e. The zero-order valence-electron chi connectivity index (χ0n) is 13.7. The van der Waals surface area contributed by atoms with Gasteiger partial charge in [-0.3, -0.25) is 4.90 Å². The summed E-state index contributed by atoms with van der Waals surface area (Å²) in [4.78, 5) is 2.60. The fourth-order valence-electron chi connectivity index (χ4n) is 3.07. The lowest BCUT2D eigenvalue weighted by atomic mass is 9.98. The standard InChI is InChI=1S/C17H31N3/c1-5-10-19-11-6-7-16(19)14-18-15-8-12-20(13-9-15)17(2,3)4/h6-7,11,15,18H,5,8-10,12-14H2,1-4H3. The first-order valence-corrected chi connectivity index (χ1v) is 8.13. The molecule has 2 heterocycles. The van der Waals surface area contributed by atoms with Crippen molar-refractivity contribution in [1.29, 1.82) is 0 Å². The Kier molecular flexibility index (Phi) is 5.28. The van der Waals surface area contributed by atoms with E-state index in [1.165, 1.54) is 38.0 Å². The first-order valence-electron chi connectivity index (χ1n) is 8.13. The van der Waals surface area contributed by atoms with Crippen LogP contribution in [0.1, 0.15) is 52.7 Å². The zero-order valence-corrected chi connectivity index (χ0v) is 13.7. The van der Waals surface area contributed by atoms with E-state index in [9.17, 15) is 0 Å². The number of nitrogens with zero attached hydrogens (tertiary/aromatic N) is 2. The van der Waals surface area contributed by atoms with E-state index >= 15 is 0 Å². The van der Waals surface area contributed by atoms with Gasteiger partial charge in [0.2, 0.25) is 0 Å². The summed E-state index contributed by atoms with van der Waals surface area (Å²) in [5, 5.41) is 3.75. The fourth-order valence-corrected chi connectivity index (χ4v) is 3.07. The van der Waals surface area contributed by atoms with E-state index in [-0.39, 0.29) is 0 Å². The summed E-state index contributed by atoms with van der Waals surface area (Å²) >= 11 is 0. The second kappa shape index (κ2) is 6.77. The van der Waals surface area contributed by atoms with Gasteiger partial charge in [-0.2, -0.15) is 0 Å². The van der Waals surface area contributed by atoms with Crippen LogP contribution in [0, 0.1) is 0 Å². The minimum absolute atomic E-state index is 0.320. The third-order valence-corrected chi connectivity index (χ3v) is 4.40. The maximum absolute atomic E-state index is 3.75. The second-order valence-corrected chi connectivity index (χ2v) is 7.01. The molecular formula is C17H31N3. The molecule has 3 heteroatoms. The van der Waals surface area contributed by atoms with E-state index in [1.54, 1.807) is 0 Å². The molecule has 1 aromatic rings. The molecule has 20 heavy (non-hydrogen) atoms. The third kappa shape index (κ3) is 4.10. The predicted molar refractivity (Wildman–Crippen MR) is 85.9 cm³/mol. The van der Waals surface area contributed by atoms with Gasteiger partial charge in [0.15, 0.2) is 0 Å². The molecule has 0 spiro atoms. The van der Waals surface area contributed by atoms with E-state index in [2.05, 4.69) is 60.8 Å². The average Bonchev–Trinajstić information content (AvgIpc) is 2.84. The Labute approximate surface area is 124 Å². The Bertz CT molecular complexity index is 395. The molecule has 0 amide bonds. The summed E-state index contributed by atoms with van der Waals surface area (Å²) in [5.74, 6) is 0. The van der Waals surface area contributed by atoms with Crippen LogP contribution in [-0.2, 0) is 13.1 Å². The van der Waals surface area contributed by atoms with E-state index in [1.807, 2.05) is 0 Å². The van der Waals surface area contributed by atoms with Gasteiger partial charge in [0.25, 0.3) is 0 Å². The molecule has 0 radical (unpaired) electrons. The monoisotopic (exact) mass is 277 g/mol. The first-order chi connectivity index (χ1) is 9.50. The number of nitrogens with one attached hydrogen (secondary N) is 1. The molecule has 0 atom stereocenters. The molecule has 1 aliphatic heterocycles. The molecule has 0 aromatic carbocycles. The molecule has 0 unspecified atom stereocenters. The van der Waals surface area contributed by atoms with Crippen molar-refractivity contribution in [3.05, 3.63) is 24.0 Å². The molecule has 1 fully saturated rings. The van der Waals surface area contributed by atoms with Crippen molar-refractivity contribution in [3.63, 3.8) is 0 Å².